The second-order valence-electron chi connectivity index (χ2n) is 5.19. The Hall–Kier alpha value is -1.65. The number of hydrogen-bond donors (Lipinski definition) is 2. The van der Waals surface area contributed by atoms with Gasteiger partial charge in [-0.25, -0.2) is 9.97 Å². The van der Waals surface area contributed by atoms with Crippen molar-refractivity contribution in [2.45, 2.75) is 45.6 Å². The van der Waals surface area contributed by atoms with Crippen LogP contribution in [0.3, 0.4) is 0 Å². The van der Waals surface area contributed by atoms with E-state index in [1.807, 2.05) is 0 Å². The second kappa shape index (κ2) is 5.12. The lowest BCUT2D eigenvalue weighted by Crippen LogP contribution is -2.21. The molecule has 1 rings (SSSR count). The zero-order valence-corrected chi connectivity index (χ0v) is 10.7. The quantitative estimate of drug-likeness (QED) is 0.838. The van der Waals surface area contributed by atoms with Crippen LogP contribution < -0.4 is 5.32 Å². The van der Waals surface area contributed by atoms with Gasteiger partial charge in [0, 0.05) is 18.4 Å². The van der Waals surface area contributed by atoms with Gasteiger partial charge in [0.05, 0.1) is 6.42 Å². The van der Waals surface area contributed by atoms with Crippen LogP contribution in [-0.2, 0) is 10.2 Å². The van der Waals surface area contributed by atoms with Gasteiger partial charge in [-0.15, -0.1) is 0 Å². The summed E-state index contributed by atoms with van der Waals surface area (Å²) in [5.41, 5.74) is 1.07. The number of carboxylic acids is 1. The van der Waals surface area contributed by atoms with Crippen LogP contribution in [-0.4, -0.2) is 27.1 Å². The van der Waals surface area contributed by atoms with Gasteiger partial charge in [-0.1, -0.05) is 20.8 Å². The highest BCUT2D eigenvalue weighted by atomic mass is 16.4. The number of aromatic nitrogens is 2. The average Bonchev–Trinajstić information content (AvgIpc) is 2.15. The zero-order valence-electron chi connectivity index (χ0n) is 10.7. The minimum absolute atomic E-state index is 0.0191. The minimum Gasteiger partial charge on any atom is -0.481 e. The lowest BCUT2D eigenvalue weighted by molar-refractivity contribution is -0.137. The topological polar surface area (TPSA) is 75.1 Å². The molecular weight excluding hydrogens is 218 g/mol. The molecule has 1 aromatic heterocycles. The Labute approximate surface area is 101 Å². The SMILES string of the molecule is CC(CC(=O)O)Nc1ncc(C(C)(C)C)cn1. The highest BCUT2D eigenvalue weighted by Gasteiger charge is 2.15. The summed E-state index contributed by atoms with van der Waals surface area (Å²) in [5.74, 6) is -0.372. The van der Waals surface area contributed by atoms with Crippen molar-refractivity contribution in [2.75, 3.05) is 5.32 Å². The summed E-state index contributed by atoms with van der Waals surface area (Å²) >= 11 is 0. The van der Waals surface area contributed by atoms with Gasteiger partial charge >= 0.3 is 5.97 Å². The number of rotatable bonds is 4. The molecule has 2 N–H and O–H groups in total. The van der Waals surface area contributed by atoms with E-state index in [0.717, 1.165) is 5.56 Å². The Morgan fingerprint density at radius 3 is 2.35 bits per heavy atom. The molecule has 0 bridgehead atoms. The van der Waals surface area contributed by atoms with Gasteiger partial charge < -0.3 is 10.4 Å². The summed E-state index contributed by atoms with van der Waals surface area (Å²) in [5, 5.41) is 11.6. The Kier molecular flexibility index (Phi) is 4.04. The van der Waals surface area contributed by atoms with E-state index in [9.17, 15) is 4.79 Å². The van der Waals surface area contributed by atoms with Crippen molar-refractivity contribution in [3.05, 3.63) is 18.0 Å². The molecule has 0 saturated carbocycles. The molecule has 1 unspecified atom stereocenters. The predicted octanol–water partition coefficient (Wildman–Crippen LogP) is 2.05. The summed E-state index contributed by atoms with van der Waals surface area (Å²) in [6.07, 6.45) is 3.58. The molecule has 0 aromatic carbocycles. The van der Waals surface area contributed by atoms with Gasteiger partial charge in [-0.2, -0.15) is 0 Å². The van der Waals surface area contributed by atoms with E-state index in [4.69, 9.17) is 5.11 Å². The fourth-order valence-electron chi connectivity index (χ4n) is 1.32. The summed E-state index contributed by atoms with van der Waals surface area (Å²) < 4.78 is 0. The summed E-state index contributed by atoms with van der Waals surface area (Å²) in [4.78, 5) is 18.9. The van der Waals surface area contributed by atoms with Crippen molar-refractivity contribution in [1.29, 1.82) is 0 Å². The first-order valence-electron chi connectivity index (χ1n) is 5.60. The molecular formula is C12H19N3O2. The minimum atomic E-state index is -0.837. The number of nitrogens with zero attached hydrogens (tertiary/aromatic N) is 2. The van der Waals surface area contributed by atoms with E-state index in [1.54, 1.807) is 19.3 Å². The molecule has 17 heavy (non-hydrogen) atoms. The number of hydrogen-bond acceptors (Lipinski definition) is 4. The first-order chi connectivity index (χ1) is 7.79. The standard InChI is InChI=1S/C12H19N3O2/c1-8(5-10(16)17)15-11-13-6-9(7-14-11)12(2,3)4/h6-8H,5H2,1-4H3,(H,16,17)(H,13,14,15). The summed E-state index contributed by atoms with van der Waals surface area (Å²) in [7, 11) is 0. The third kappa shape index (κ3) is 4.38. The first kappa shape index (κ1) is 13.4. The third-order valence-corrected chi connectivity index (χ3v) is 2.37. The lowest BCUT2D eigenvalue weighted by Gasteiger charge is -2.18. The van der Waals surface area contributed by atoms with Crippen molar-refractivity contribution in [2.24, 2.45) is 0 Å². The molecule has 0 amide bonds. The van der Waals surface area contributed by atoms with Crippen LogP contribution in [0.5, 0.6) is 0 Å². The van der Waals surface area contributed by atoms with Crippen LogP contribution in [0.4, 0.5) is 5.95 Å². The number of nitrogens with one attached hydrogen (secondary N) is 1. The normalized spacial score (nSPS) is 13.2. The molecule has 1 heterocycles. The first-order valence-corrected chi connectivity index (χ1v) is 5.60. The van der Waals surface area contributed by atoms with E-state index in [-0.39, 0.29) is 17.9 Å². The van der Waals surface area contributed by atoms with Crippen LogP contribution in [0.15, 0.2) is 12.4 Å². The Morgan fingerprint density at radius 2 is 1.94 bits per heavy atom. The predicted molar refractivity (Wildman–Crippen MR) is 66.1 cm³/mol. The maximum Gasteiger partial charge on any atom is 0.305 e. The molecule has 0 aliphatic carbocycles. The number of carboxylic acid groups (broad SMARTS) is 1. The Bertz CT molecular complexity index is 382. The smallest absolute Gasteiger partial charge is 0.305 e. The van der Waals surface area contributed by atoms with Crippen LogP contribution >= 0.6 is 0 Å². The van der Waals surface area contributed by atoms with Crippen LogP contribution in [0.2, 0.25) is 0 Å². The van der Waals surface area contributed by atoms with E-state index in [0.29, 0.717) is 5.95 Å². The number of anilines is 1. The highest BCUT2D eigenvalue weighted by Crippen LogP contribution is 2.20. The molecule has 1 atom stereocenters. The van der Waals surface area contributed by atoms with E-state index < -0.39 is 5.97 Å². The fraction of sp³-hybridized carbons (Fsp3) is 0.583. The molecule has 0 aliphatic heterocycles. The van der Waals surface area contributed by atoms with E-state index >= 15 is 0 Å². The summed E-state index contributed by atoms with van der Waals surface area (Å²) in [6, 6.07) is -0.187. The zero-order chi connectivity index (χ0) is 13.1. The highest BCUT2D eigenvalue weighted by molar-refractivity contribution is 5.67. The van der Waals surface area contributed by atoms with Crippen molar-refractivity contribution >= 4 is 11.9 Å². The number of aliphatic carboxylic acids is 1. The Balaban J connectivity index is 2.66. The second-order valence-corrected chi connectivity index (χ2v) is 5.19. The van der Waals surface area contributed by atoms with E-state index in [2.05, 4.69) is 36.1 Å². The average molecular weight is 237 g/mol. The van der Waals surface area contributed by atoms with Crippen LogP contribution in [0.1, 0.15) is 39.7 Å². The molecule has 0 aliphatic rings. The van der Waals surface area contributed by atoms with Gasteiger partial charge in [-0.05, 0) is 17.9 Å². The molecule has 0 radical (unpaired) electrons. The van der Waals surface area contributed by atoms with Crippen LogP contribution in [0.25, 0.3) is 0 Å². The van der Waals surface area contributed by atoms with Crippen LogP contribution in [0, 0.1) is 0 Å². The van der Waals surface area contributed by atoms with Crippen molar-refractivity contribution in [1.82, 2.24) is 9.97 Å². The number of carbonyl (C=O) groups is 1. The van der Waals surface area contributed by atoms with Crippen molar-refractivity contribution < 1.29 is 9.90 Å². The molecule has 5 heteroatoms. The maximum atomic E-state index is 10.5. The maximum absolute atomic E-state index is 10.5. The molecule has 0 saturated heterocycles. The molecule has 5 nitrogen and oxygen atoms in total. The van der Waals surface area contributed by atoms with Gasteiger partial charge in [-0.3, -0.25) is 4.79 Å². The van der Waals surface area contributed by atoms with Gasteiger partial charge in [0.1, 0.15) is 0 Å². The Morgan fingerprint density at radius 1 is 1.41 bits per heavy atom. The molecule has 0 spiro atoms. The molecule has 0 fully saturated rings. The largest absolute Gasteiger partial charge is 0.481 e. The third-order valence-electron chi connectivity index (χ3n) is 2.37. The fourth-order valence-corrected chi connectivity index (χ4v) is 1.32. The summed E-state index contributed by atoms with van der Waals surface area (Å²) in [6.45, 7) is 8.05. The monoisotopic (exact) mass is 237 g/mol. The lowest BCUT2D eigenvalue weighted by atomic mass is 9.89. The van der Waals surface area contributed by atoms with E-state index in [1.165, 1.54) is 0 Å². The van der Waals surface area contributed by atoms with Crippen molar-refractivity contribution in [3.63, 3.8) is 0 Å². The molecule has 94 valence electrons. The molecule has 1 aromatic rings. The van der Waals surface area contributed by atoms with Gasteiger partial charge in [0.15, 0.2) is 0 Å². The van der Waals surface area contributed by atoms with Gasteiger partial charge in [0.2, 0.25) is 5.95 Å². The van der Waals surface area contributed by atoms with Gasteiger partial charge in [0.25, 0.3) is 0 Å². The van der Waals surface area contributed by atoms with Crippen molar-refractivity contribution in [3.8, 4) is 0 Å².